The van der Waals surface area contributed by atoms with Crippen molar-refractivity contribution in [1.82, 2.24) is 5.32 Å². The minimum absolute atomic E-state index is 0.171. The first-order valence-corrected chi connectivity index (χ1v) is 5.90. The van der Waals surface area contributed by atoms with Crippen LogP contribution in [0.1, 0.15) is 25.3 Å². The number of amides is 2. The number of carbonyl (C=O) groups is 2. The van der Waals surface area contributed by atoms with Crippen molar-refractivity contribution in [2.24, 2.45) is 5.73 Å². The van der Waals surface area contributed by atoms with Gasteiger partial charge in [0.2, 0.25) is 5.91 Å². The van der Waals surface area contributed by atoms with E-state index in [9.17, 15) is 9.59 Å². The Kier molecular flexibility index (Phi) is 5.70. The fourth-order valence-corrected chi connectivity index (χ4v) is 1.48. The van der Waals surface area contributed by atoms with Crippen LogP contribution in [-0.2, 0) is 16.1 Å². The molecule has 0 fully saturated rings. The molecular weight excluding hydrogens is 232 g/mol. The molecule has 0 saturated heterocycles. The largest absolute Gasteiger partial charge is 0.445 e. The van der Waals surface area contributed by atoms with Crippen LogP contribution in [0.15, 0.2) is 30.3 Å². The Morgan fingerprint density at radius 3 is 2.56 bits per heavy atom. The van der Waals surface area contributed by atoms with Gasteiger partial charge in [-0.25, -0.2) is 4.79 Å². The van der Waals surface area contributed by atoms with Gasteiger partial charge in [0.25, 0.3) is 0 Å². The zero-order valence-corrected chi connectivity index (χ0v) is 10.4. The second-order valence-corrected chi connectivity index (χ2v) is 3.95. The highest BCUT2D eigenvalue weighted by atomic mass is 16.5. The van der Waals surface area contributed by atoms with Crippen molar-refractivity contribution in [1.29, 1.82) is 0 Å². The Bertz CT molecular complexity index is 392. The lowest BCUT2D eigenvalue weighted by Gasteiger charge is -2.14. The van der Waals surface area contributed by atoms with Crippen molar-refractivity contribution in [2.45, 2.75) is 32.4 Å². The molecule has 2 amide bonds. The standard InChI is InChI=1S/C13H18N2O3/c1-2-6-11(12(14)16)15-13(17)18-9-10-7-4-3-5-8-10/h3-5,7-8,11H,2,6,9H2,1H3,(H2,14,16)(H,15,17)/t11-/m0/s1. The first-order valence-electron chi connectivity index (χ1n) is 5.90. The van der Waals surface area contributed by atoms with Crippen molar-refractivity contribution >= 4 is 12.0 Å². The van der Waals surface area contributed by atoms with Crippen molar-refractivity contribution in [2.75, 3.05) is 0 Å². The molecule has 0 aliphatic carbocycles. The van der Waals surface area contributed by atoms with Gasteiger partial charge in [0, 0.05) is 0 Å². The van der Waals surface area contributed by atoms with Crippen LogP contribution in [0.5, 0.6) is 0 Å². The molecule has 0 aliphatic heterocycles. The highest BCUT2D eigenvalue weighted by Crippen LogP contribution is 2.02. The van der Waals surface area contributed by atoms with E-state index >= 15 is 0 Å². The summed E-state index contributed by atoms with van der Waals surface area (Å²) in [7, 11) is 0. The summed E-state index contributed by atoms with van der Waals surface area (Å²) in [5.41, 5.74) is 6.06. The zero-order chi connectivity index (χ0) is 13.4. The maximum Gasteiger partial charge on any atom is 0.408 e. The van der Waals surface area contributed by atoms with Crippen LogP contribution in [0.2, 0.25) is 0 Å². The molecule has 0 aromatic heterocycles. The maximum atomic E-state index is 11.5. The second kappa shape index (κ2) is 7.32. The summed E-state index contributed by atoms with van der Waals surface area (Å²) in [6.07, 6.45) is 0.638. The highest BCUT2D eigenvalue weighted by molar-refractivity contribution is 5.84. The molecule has 0 radical (unpaired) electrons. The van der Waals surface area contributed by atoms with E-state index in [0.29, 0.717) is 6.42 Å². The van der Waals surface area contributed by atoms with Gasteiger partial charge < -0.3 is 15.8 Å². The lowest BCUT2D eigenvalue weighted by Crippen LogP contribution is -2.44. The molecule has 0 heterocycles. The number of hydrogen-bond acceptors (Lipinski definition) is 3. The molecule has 1 atom stereocenters. The molecule has 0 unspecified atom stereocenters. The van der Waals surface area contributed by atoms with Crippen LogP contribution in [0.25, 0.3) is 0 Å². The molecule has 0 saturated carbocycles. The topological polar surface area (TPSA) is 81.4 Å². The highest BCUT2D eigenvalue weighted by Gasteiger charge is 2.17. The minimum atomic E-state index is -0.668. The molecule has 1 aromatic carbocycles. The van der Waals surface area contributed by atoms with Gasteiger partial charge in [-0.3, -0.25) is 4.79 Å². The number of hydrogen-bond donors (Lipinski definition) is 2. The Hall–Kier alpha value is -2.04. The number of primary amides is 1. The molecule has 5 nitrogen and oxygen atoms in total. The van der Waals surface area contributed by atoms with E-state index in [1.807, 2.05) is 37.3 Å². The van der Waals surface area contributed by atoms with E-state index in [4.69, 9.17) is 10.5 Å². The van der Waals surface area contributed by atoms with Gasteiger partial charge in [-0.2, -0.15) is 0 Å². The monoisotopic (exact) mass is 250 g/mol. The molecule has 98 valence electrons. The second-order valence-electron chi connectivity index (χ2n) is 3.95. The van der Waals surface area contributed by atoms with Crippen LogP contribution in [0, 0.1) is 0 Å². The van der Waals surface area contributed by atoms with Crippen LogP contribution < -0.4 is 11.1 Å². The number of nitrogens with two attached hydrogens (primary N) is 1. The molecule has 0 spiro atoms. The summed E-state index contributed by atoms with van der Waals surface area (Å²) in [5.74, 6) is -0.548. The van der Waals surface area contributed by atoms with E-state index in [1.165, 1.54) is 0 Å². The van der Waals surface area contributed by atoms with Crippen LogP contribution >= 0.6 is 0 Å². The molecule has 18 heavy (non-hydrogen) atoms. The number of benzene rings is 1. The summed E-state index contributed by atoms with van der Waals surface area (Å²) in [6.45, 7) is 2.08. The lowest BCUT2D eigenvalue weighted by atomic mass is 10.1. The first kappa shape index (κ1) is 14.0. The molecule has 1 aromatic rings. The molecular formula is C13H18N2O3. The van der Waals surface area contributed by atoms with Gasteiger partial charge in [0.15, 0.2) is 0 Å². The Morgan fingerprint density at radius 1 is 1.33 bits per heavy atom. The predicted octanol–water partition coefficient (Wildman–Crippen LogP) is 1.57. The average molecular weight is 250 g/mol. The van der Waals surface area contributed by atoms with Crippen LogP contribution in [-0.4, -0.2) is 18.0 Å². The third-order valence-corrected chi connectivity index (χ3v) is 2.43. The van der Waals surface area contributed by atoms with Crippen molar-refractivity contribution in [3.05, 3.63) is 35.9 Å². The summed E-state index contributed by atoms with van der Waals surface area (Å²) in [6, 6.07) is 8.64. The van der Waals surface area contributed by atoms with E-state index in [-0.39, 0.29) is 6.61 Å². The fraction of sp³-hybridized carbons (Fsp3) is 0.385. The maximum absolute atomic E-state index is 11.5. The number of carbonyl (C=O) groups excluding carboxylic acids is 2. The summed E-state index contributed by atoms with van der Waals surface area (Å²) >= 11 is 0. The Labute approximate surface area is 106 Å². The lowest BCUT2D eigenvalue weighted by molar-refractivity contribution is -0.120. The molecule has 3 N–H and O–H groups in total. The number of alkyl carbamates (subject to hydrolysis) is 1. The van der Waals surface area contributed by atoms with Gasteiger partial charge in [0.1, 0.15) is 12.6 Å². The third-order valence-electron chi connectivity index (χ3n) is 2.43. The Balaban J connectivity index is 2.39. The number of ether oxygens (including phenoxy) is 1. The van der Waals surface area contributed by atoms with Gasteiger partial charge in [-0.15, -0.1) is 0 Å². The molecule has 0 bridgehead atoms. The van der Waals surface area contributed by atoms with Gasteiger partial charge in [-0.05, 0) is 12.0 Å². The van der Waals surface area contributed by atoms with E-state index < -0.39 is 18.0 Å². The minimum Gasteiger partial charge on any atom is -0.445 e. The quantitative estimate of drug-likeness (QED) is 0.804. The first-order chi connectivity index (χ1) is 8.63. The van der Waals surface area contributed by atoms with Crippen LogP contribution in [0.4, 0.5) is 4.79 Å². The Morgan fingerprint density at radius 2 is 2.00 bits per heavy atom. The third kappa shape index (κ3) is 4.86. The average Bonchev–Trinajstić information content (AvgIpc) is 2.37. The fourth-order valence-electron chi connectivity index (χ4n) is 1.48. The van der Waals surface area contributed by atoms with Gasteiger partial charge >= 0.3 is 6.09 Å². The molecule has 0 aliphatic rings. The SMILES string of the molecule is CCC[C@H](NC(=O)OCc1ccccc1)C(N)=O. The molecule has 1 rings (SSSR count). The summed E-state index contributed by atoms with van der Waals surface area (Å²) in [5, 5.41) is 2.45. The van der Waals surface area contributed by atoms with E-state index in [2.05, 4.69) is 5.32 Å². The zero-order valence-electron chi connectivity index (χ0n) is 10.4. The van der Waals surface area contributed by atoms with Crippen molar-refractivity contribution in [3.63, 3.8) is 0 Å². The smallest absolute Gasteiger partial charge is 0.408 e. The van der Waals surface area contributed by atoms with E-state index in [1.54, 1.807) is 0 Å². The summed E-state index contributed by atoms with van der Waals surface area (Å²) in [4.78, 5) is 22.5. The number of nitrogens with one attached hydrogen (secondary N) is 1. The normalized spacial score (nSPS) is 11.6. The van der Waals surface area contributed by atoms with E-state index in [0.717, 1.165) is 12.0 Å². The number of rotatable bonds is 6. The summed E-state index contributed by atoms with van der Waals surface area (Å²) < 4.78 is 5.00. The van der Waals surface area contributed by atoms with Crippen molar-refractivity contribution in [3.8, 4) is 0 Å². The molecule has 5 heteroatoms. The predicted molar refractivity (Wildman–Crippen MR) is 67.7 cm³/mol. The van der Waals surface area contributed by atoms with Crippen LogP contribution in [0.3, 0.4) is 0 Å². The van der Waals surface area contributed by atoms with Gasteiger partial charge in [-0.1, -0.05) is 43.7 Å². The van der Waals surface area contributed by atoms with Gasteiger partial charge in [0.05, 0.1) is 0 Å². The van der Waals surface area contributed by atoms with Crippen molar-refractivity contribution < 1.29 is 14.3 Å².